The predicted molar refractivity (Wildman–Crippen MR) is 39.6 cm³/mol. The molecule has 1 N–H and O–H groups in total. The van der Waals surface area contributed by atoms with Crippen LogP contribution in [0.25, 0.3) is 0 Å². The molecule has 0 aliphatic rings. The molecule has 60 valence electrons. The van der Waals surface area contributed by atoms with E-state index in [2.05, 4.69) is 0 Å². The van der Waals surface area contributed by atoms with Gasteiger partial charge < -0.3 is 10.0 Å². The van der Waals surface area contributed by atoms with Gasteiger partial charge in [-0.1, -0.05) is 13.3 Å². The quantitative estimate of drug-likeness (QED) is 0.617. The van der Waals surface area contributed by atoms with Crippen LogP contribution in [0.15, 0.2) is 0 Å². The van der Waals surface area contributed by atoms with Crippen molar-refractivity contribution in [3.05, 3.63) is 0 Å². The van der Waals surface area contributed by atoms with Crippen LogP contribution in [0.1, 0.15) is 19.8 Å². The van der Waals surface area contributed by atoms with Gasteiger partial charge in [-0.3, -0.25) is 4.79 Å². The number of nitrogens with zero attached hydrogens (tertiary/aromatic N) is 1. The van der Waals surface area contributed by atoms with E-state index >= 15 is 0 Å². The van der Waals surface area contributed by atoms with E-state index in [9.17, 15) is 4.79 Å². The molecule has 0 saturated heterocycles. The first kappa shape index (κ1) is 9.43. The van der Waals surface area contributed by atoms with Gasteiger partial charge in [-0.25, -0.2) is 0 Å². The summed E-state index contributed by atoms with van der Waals surface area (Å²) in [5.41, 5.74) is 0. The fourth-order valence-corrected chi connectivity index (χ4v) is 0.695. The number of amides is 1. The number of likely N-dealkylation sites (N-methyl/N-ethyl adjacent to an activating group) is 1. The van der Waals surface area contributed by atoms with E-state index in [1.807, 2.05) is 6.92 Å². The third-order valence-electron chi connectivity index (χ3n) is 1.29. The fourth-order valence-electron chi connectivity index (χ4n) is 0.695. The van der Waals surface area contributed by atoms with Crippen molar-refractivity contribution in [3.63, 3.8) is 0 Å². The summed E-state index contributed by atoms with van der Waals surface area (Å²) < 4.78 is 0. The topological polar surface area (TPSA) is 40.5 Å². The van der Waals surface area contributed by atoms with Crippen LogP contribution in [0.3, 0.4) is 0 Å². The summed E-state index contributed by atoms with van der Waals surface area (Å²) in [4.78, 5) is 12.3. The minimum absolute atomic E-state index is 0.207. The van der Waals surface area contributed by atoms with Crippen LogP contribution in [0.4, 0.5) is 0 Å². The first-order valence-electron chi connectivity index (χ1n) is 3.48. The van der Waals surface area contributed by atoms with Crippen molar-refractivity contribution in [3.8, 4) is 0 Å². The Balaban J connectivity index is 3.71. The zero-order valence-corrected chi connectivity index (χ0v) is 6.79. The number of aliphatic hydroxyl groups excluding tert-OH is 1. The lowest BCUT2D eigenvalue weighted by Gasteiger charge is -2.14. The normalized spacial score (nSPS) is 12.8. The van der Waals surface area contributed by atoms with Gasteiger partial charge in [0.05, 0.1) is 0 Å². The van der Waals surface area contributed by atoms with E-state index in [0.717, 1.165) is 6.42 Å². The van der Waals surface area contributed by atoms with Crippen LogP contribution < -0.4 is 0 Å². The van der Waals surface area contributed by atoms with Crippen molar-refractivity contribution in [2.24, 2.45) is 0 Å². The lowest BCUT2D eigenvalue weighted by atomic mass is 10.2. The molecule has 0 rings (SSSR count). The third-order valence-corrected chi connectivity index (χ3v) is 1.29. The molecule has 0 aliphatic carbocycles. The number of hydrogen-bond donors (Lipinski definition) is 1. The molecular weight excluding hydrogens is 130 g/mol. The second-order valence-electron chi connectivity index (χ2n) is 2.54. The molecule has 0 bridgehead atoms. The number of hydrogen-bond acceptors (Lipinski definition) is 2. The summed E-state index contributed by atoms with van der Waals surface area (Å²) in [5, 5.41) is 9.10. The smallest absolute Gasteiger partial charge is 0.250 e. The van der Waals surface area contributed by atoms with Crippen LogP contribution in [0.5, 0.6) is 0 Å². The minimum atomic E-state index is -0.806. The molecule has 3 nitrogen and oxygen atoms in total. The maximum Gasteiger partial charge on any atom is 0.250 e. The highest BCUT2D eigenvalue weighted by atomic mass is 16.3. The van der Waals surface area contributed by atoms with E-state index in [4.69, 9.17) is 5.11 Å². The van der Waals surface area contributed by atoms with Crippen LogP contribution >= 0.6 is 0 Å². The molecule has 10 heavy (non-hydrogen) atoms. The largest absolute Gasteiger partial charge is 0.383 e. The van der Waals surface area contributed by atoms with Gasteiger partial charge in [0.1, 0.15) is 6.10 Å². The summed E-state index contributed by atoms with van der Waals surface area (Å²) >= 11 is 0. The molecule has 0 radical (unpaired) electrons. The molecular formula is C7H15NO2. The highest BCUT2D eigenvalue weighted by Crippen LogP contribution is 1.98. The van der Waals surface area contributed by atoms with Gasteiger partial charge in [-0.2, -0.15) is 0 Å². The monoisotopic (exact) mass is 145 g/mol. The van der Waals surface area contributed by atoms with Gasteiger partial charge in [-0.15, -0.1) is 0 Å². The molecule has 0 aliphatic heterocycles. The molecule has 3 heteroatoms. The maximum absolute atomic E-state index is 10.9. The second kappa shape index (κ2) is 4.28. The van der Waals surface area contributed by atoms with Gasteiger partial charge in [0.2, 0.25) is 0 Å². The van der Waals surface area contributed by atoms with Gasteiger partial charge in [0, 0.05) is 14.1 Å². The maximum atomic E-state index is 10.9. The van der Waals surface area contributed by atoms with E-state index < -0.39 is 6.10 Å². The molecule has 0 fully saturated rings. The highest BCUT2D eigenvalue weighted by Gasteiger charge is 2.14. The predicted octanol–water partition coefficient (Wildman–Crippen LogP) is 0.236. The van der Waals surface area contributed by atoms with Gasteiger partial charge in [-0.05, 0) is 6.42 Å². The summed E-state index contributed by atoms with van der Waals surface area (Å²) in [6.45, 7) is 1.94. The Morgan fingerprint density at radius 2 is 2.10 bits per heavy atom. The third kappa shape index (κ3) is 2.82. The zero-order chi connectivity index (χ0) is 8.15. The Bertz CT molecular complexity index is 112. The average molecular weight is 145 g/mol. The molecule has 0 aromatic heterocycles. The molecule has 0 spiro atoms. The summed E-state index contributed by atoms with van der Waals surface area (Å²) in [6.07, 6.45) is 0.581. The van der Waals surface area contributed by atoms with Crippen molar-refractivity contribution in [1.82, 2.24) is 4.90 Å². The molecule has 1 atom stereocenters. The highest BCUT2D eigenvalue weighted by molar-refractivity contribution is 5.79. The van der Waals surface area contributed by atoms with Gasteiger partial charge in [0.15, 0.2) is 0 Å². The lowest BCUT2D eigenvalue weighted by molar-refractivity contribution is -0.137. The molecule has 0 heterocycles. The Morgan fingerprint density at radius 3 is 2.40 bits per heavy atom. The minimum Gasteiger partial charge on any atom is -0.383 e. The summed E-state index contributed by atoms with van der Waals surface area (Å²) in [7, 11) is 3.28. The Morgan fingerprint density at radius 1 is 1.60 bits per heavy atom. The SMILES string of the molecule is CCCC(O)C(=O)N(C)C. The van der Waals surface area contributed by atoms with Crippen molar-refractivity contribution < 1.29 is 9.90 Å². The van der Waals surface area contributed by atoms with E-state index in [1.54, 1.807) is 14.1 Å². The van der Waals surface area contributed by atoms with Crippen LogP contribution in [-0.2, 0) is 4.79 Å². The molecule has 0 aromatic rings. The number of rotatable bonds is 3. The van der Waals surface area contributed by atoms with Crippen LogP contribution in [0, 0.1) is 0 Å². The van der Waals surface area contributed by atoms with Crippen molar-refractivity contribution in [2.75, 3.05) is 14.1 Å². The number of carbonyl (C=O) groups excluding carboxylic acids is 1. The Hall–Kier alpha value is -0.570. The molecule has 0 aromatic carbocycles. The zero-order valence-electron chi connectivity index (χ0n) is 6.79. The van der Waals surface area contributed by atoms with Crippen LogP contribution in [0.2, 0.25) is 0 Å². The molecule has 1 unspecified atom stereocenters. The lowest BCUT2D eigenvalue weighted by Crippen LogP contribution is -2.33. The first-order valence-corrected chi connectivity index (χ1v) is 3.48. The summed E-state index contributed by atoms with van der Waals surface area (Å²) in [5.74, 6) is -0.207. The second-order valence-corrected chi connectivity index (χ2v) is 2.54. The molecule has 0 saturated carbocycles. The van der Waals surface area contributed by atoms with E-state index in [1.165, 1.54) is 4.90 Å². The molecule has 1 amide bonds. The Kier molecular flexibility index (Phi) is 4.03. The summed E-state index contributed by atoms with van der Waals surface area (Å²) in [6, 6.07) is 0. The van der Waals surface area contributed by atoms with Gasteiger partial charge >= 0.3 is 0 Å². The first-order chi connectivity index (χ1) is 4.59. The van der Waals surface area contributed by atoms with Crippen molar-refractivity contribution >= 4 is 5.91 Å². The van der Waals surface area contributed by atoms with Gasteiger partial charge in [0.25, 0.3) is 5.91 Å². The van der Waals surface area contributed by atoms with Crippen molar-refractivity contribution in [2.45, 2.75) is 25.9 Å². The number of aliphatic hydroxyl groups is 1. The number of carbonyl (C=O) groups is 1. The fraction of sp³-hybridized carbons (Fsp3) is 0.857. The Labute approximate surface area is 61.6 Å². The van der Waals surface area contributed by atoms with Crippen molar-refractivity contribution in [1.29, 1.82) is 0 Å². The standard InChI is InChI=1S/C7H15NO2/c1-4-5-6(9)7(10)8(2)3/h6,9H,4-5H2,1-3H3. The average Bonchev–Trinajstić information content (AvgIpc) is 1.87. The van der Waals surface area contributed by atoms with E-state index in [0.29, 0.717) is 6.42 Å². The van der Waals surface area contributed by atoms with E-state index in [-0.39, 0.29) is 5.91 Å². The van der Waals surface area contributed by atoms with Crippen LogP contribution in [-0.4, -0.2) is 36.1 Å².